The Kier molecular flexibility index (Phi) is 2.99. The van der Waals surface area contributed by atoms with Crippen LogP contribution < -0.4 is 9.64 Å². The highest BCUT2D eigenvalue weighted by Crippen LogP contribution is 2.30. The number of carboxylic acids is 1. The zero-order valence-corrected chi connectivity index (χ0v) is 9.42. The highest BCUT2D eigenvalue weighted by Gasteiger charge is 2.38. The summed E-state index contributed by atoms with van der Waals surface area (Å²) in [5.41, 5.74) is 0.716. The molecule has 0 aliphatic carbocycles. The van der Waals surface area contributed by atoms with Gasteiger partial charge in [0.25, 0.3) is 0 Å². The molecule has 1 unspecified atom stereocenters. The molecule has 1 heterocycles. The molecular formula is C12H13NO4. The fourth-order valence-electron chi connectivity index (χ4n) is 1.95. The van der Waals surface area contributed by atoms with Crippen molar-refractivity contribution in [2.45, 2.75) is 18.9 Å². The SMILES string of the molecule is COc1ccc(N2C(=O)CC2CC(=O)O)cc1. The Labute approximate surface area is 98.6 Å². The fraction of sp³-hybridized carbons (Fsp3) is 0.333. The minimum atomic E-state index is -0.888. The van der Waals surface area contributed by atoms with E-state index in [1.54, 1.807) is 31.4 Å². The number of hydrogen-bond acceptors (Lipinski definition) is 3. The lowest BCUT2D eigenvalue weighted by Gasteiger charge is -2.39. The van der Waals surface area contributed by atoms with E-state index in [0.29, 0.717) is 17.9 Å². The van der Waals surface area contributed by atoms with Gasteiger partial charge in [-0.3, -0.25) is 9.59 Å². The van der Waals surface area contributed by atoms with E-state index in [2.05, 4.69) is 0 Å². The molecule has 1 atom stereocenters. The van der Waals surface area contributed by atoms with Crippen LogP contribution in [0.4, 0.5) is 5.69 Å². The van der Waals surface area contributed by atoms with Gasteiger partial charge in [-0.05, 0) is 24.3 Å². The molecule has 1 saturated heterocycles. The molecule has 5 nitrogen and oxygen atoms in total. The molecule has 1 fully saturated rings. The van der Waals surface area contributed by atoms with Crippen LogP contribution in [0.15, 0.2) is 24.3 Å². The van der Waals surface area contributed by atoms with Crippen molar-refractivity contribution in [1.82, 2.24) is 0 Å². The van der Waals surface area contributed by atoms with E-state index in [1.807, 2.05) is 0 Å². The highest BCUT2D eigenvalue weighted by atomic mass is 16.5. The number of ether oxygens (including phenoxy) is 1. The van der Waals surface area contributed by atoms with Gasteiger partial charge in [-0.15, -0.1) is 0 Å². The van der Waals surface area contributed by atoms with Crippen molar-refractivity contribution in [2.24, 2.45) is 0 Å². The predicted molar refractivity (Wildman–Crippen MR) is 61.1 cm³/mol. The number of nitrogens with zero attached hydrogens (tertiary/aromatic N) is 1. The lowest BCUT2D eigenvalue weighted by atomic mass is 9.97. The van der Waals surface area contributed by atoms with Crippen LogP contribution in [0.5, 0.6) is 5.75 Å². The van der Waals surface area contributed by atoms with Gasteiger partial charge < -0.3 is 14.7 Å². The number of amides is 1. The minimum Gasteiger partial charge on any atom is -0.497 e. The standard InChI is InChI=1S/C12H13NO4/c1-17-10-4-2-8(3-5-10)13-9(6-11(13)14)7-12(15)16/h2-5,9H,6-7H2,1H3,(H,15,16). The molecule has 0 radical (unpaired) electrons. The first kappa shape index (κ1) is 11.4. The van der Waals surface area contributed by atoms with Gasteiger partial charge in [-0.2, -0.15) is 0 Å². The first-order chi connectivity index (χ1) is 8.11. The maximum absolute atomic E-state index is 11.5. The van der Waals surface area contributed by atoms with Crippen LogP contribution in [0.25, 0.3) is 0 Å². The summed E-state index contributed by atoms with van der Waals surface area (Å²) in [6.07, 6.45) is 0.288. The van der Waals surface area contributed by atoms with Crippen molar-refractivity contribution in [3.63, 3.8) is 0 Å². The number of anilines is 1. The summed E-state index contributed by atoms with van der Waals surface area (Å²) in [7, 11) is 1.57. The van der Waals surface area contributed by atoms with Crippen molar-refractivity contribution in [3.8, 4) is 5.75 Å². The molecule has 1 aromatic carbocycles. The van der Waals surface area contributed by atoms with Crippen molar-refractivity contribution in [1.29, 1.82) is 0 Å². The molecule has 2 rings (SSSR count). The van der Waals surface area contributed by atoms with Crippen LogP contribution in [0, 0.1) is 0 Å². The van der Waals surface area contributed by atoms with Gasteiger partial charge >= 0.3 is 5.97 Å². The van der Waals surface area contributed by atoms with Crippen LogP contribution in [0.1, 0.15) is 12.8 Å². The summed E-state index contributed by atoms with van der Waals surface area (Å²) >= 11 is 0. The second-order valence-corrected chi connectivity index (χ2v) is 3.92. The van der Waals surface area contributed by atoms with E-state index in [0.717, 1.165) is 0 Å². The molecule has 90 valence electrons. The monoisotopic (exact) mass is 235 g/mol. The number of carbonyl (C=O) groups excluding carboxylic acids is 1. The fourth-order valence-corrected chi connectivity index (χ4v) is 1.95. The van der Waals surface area contributed by atoms with Crippen molar-refractivity contribution >= 4 is 17.6 Å². The second-order valence-electron chi connectivity index (χ2n) is 3.92. The van der Waals surface area contributed by atoms with Crippen LogP contribution in [-0.2, 0) is 9.59 Å². The van der Waals surface area contributed by atoms with E-state index in [1.165, 1.54) is 4.90 Å². The molecule has 1 aliphatic heterocycles. The molecule has 1 aliphatic rings. The van der Waals surface area contributed by atoms with Gasteiger partial charge in [0.1, 0.15) is 5.75 Å². The average Bonchev–Trinajstić information content (AvgIpc) is 2.28. The lowest BCUT2D eigenvalue weighted by molar-refractivity contribution is -0.138. The summed E-state index contributed by atoms with van der Waals surface area (Å²) in [6, 6.07) is 6.78. The maximum Gasteiger partial charge on any atom is 0.305 e. The number of carboxylic acid groups (broad SMARTS) is 1. The van der Waals surface area contributed by atoms with Crippen molar-refractivity contribution in [3.05, 3.63) is 24.3 Å². The summed E-state index contributed by atoms with van der Waals surface area (Å²) in [5, 5.41) is 8.72. The van der Waals surface area contributed by atoms with E-state index in [-0.39, 0.29) is 18.4 Å². The summed E-state index contributed by atoms with van der Waals surface area (Å²) in [5.74, 6) is -0.223. The smallest absolute Gasteiger partial charge is 0.305 e. The Morgan fingerprint density at radius 2 is 2.12 bits per heavy atom. The third kappa shape index (κ3) is 2.22. The largest absolute Gasteiger partial charge is 0.497 e. The molecule has 0 bridgehead atoms. The number of carbonyl (C=O) groups is 2. The number of hydrogen-bond donors (Lipinski definition) is 1. The van der Waals surface area contributed by atoms with E-state index < -0.39 is 5.97 Å². The second kappa shape index (κ2) is 4.45. The predicted octanol–water partition coefficient (Wildman–Crippen LogP) is 1.28. The number of aliphatic carboxylic acids is 1. The maximum atomic E-state index is 11.5. The Morgan fingerprint density at radius 1 is 1.47 bits per heavy atom. The van der Waals surface area contributed by atoms with Gasteiger partial charge in [-0.25, -0.2) is 0 Å². The van der Waals surface area contributed by atoms with Crippen LogP contribution in [-0.4, -0.2) is 30.1 Å². The minimum absolute atomic E-state index is 0.0161. The lowest BCUT2D eigenvalue weighted by Crippen LogP contribution is -2.53. The molecule has 1 amide bonds. The first-order valence-electron chi connectivity index (χ1n) is 5.29. The third-order valence-corrected chi connectivity index (χ3v) is 2.80. The summed E-state index contributed by atoms with van der Waals surface area (Å²) < 4.78 is 5.02. The van der Waals surface area contributed by atoms with Gasteiger partial charge in [0, 0.05) is 12.1 Å². The van der Waals surface area contributed by atoms with Crippen LogP contribution in [0.2, 0.25) is 0 Å². The van der Waals surface area contributed by atoms with Crippen LogP contribution >= 0.6 is 0 Å². The summed E-state index contributed by atoms with van der Waals surface area (Å²) in [6.45, 7) is 0. The molecular weight excluding hydrogens is 222 g/mol. The quantitative estimate of drug-likeness (QED) is 0.798. The Balaban J connectivity index is 2.13. The Morgan fingerprint density at radius 3 is 2.59 bits per heavy atom. The average molecular weight is 235 g/mol. The van der Waals surface area contributed by atoms with Gasteiger partial charge in [0.15, 0.2) is 0 Å². The molecule has 1 N–H and O–H groups in total. The Bertz CT molecular complexity index is 440. The highest BCUT2D eigenvalue weighted by molar-refractivity contribution is 6.01. The van der Waals surface area contributed by atoms with E-state index in [9.17, 15) is 9.59 Å². The molecule has 17 heavy (non-hydrogen) atoms. The van der Waals surface area contributed by atoms with Crippen molar-refractivity contribution < 1.29 is 19.4 Å². The topological polar surface area (TPSA) is 66.8 Å². The zero-order chi connectivity index (χ0) is 12.4. The van der Waals surface area contributed by atoms with Gasteiger partial charge in [0.05, 0.1) is 19.6 Å². The first-order valence-corrected chi connectivity index (χ1v) is 5.29. The normalized spacial score (nSPS) is 18.8. The zero-order valence-electron chi connectivity index (χ0n) is 9.42. The molecule has 1 aromatic rings. The molecule has 0 spiro atoms. The summed E-state index contributed by atoms with van der Waals surface area (Å²) in [4.78, 5) is 23.6. The number of methoxy groups -OCH3 is 1. The molecule has 5 heteroatoms. The van der Waals surface area contributed by atoms with Gasteiger partial charge in [0.2, 0.25) is 5.91 Å². The van der Waals surface area contributed by atoms with Gasteiger partial charge in [-0.1, -0.05) is 0 Å². The third-order valence-electron chi connectivity index (χ3n) is 2.80. The molecule has 0 saturated carbocycles. The number of benzene rings is 1. The number of rotatable bonds is 4. The van der Waals surface area contributed by atoms with E-state index >= 15 is 0 Å². The molecule has 0 aromatic heterocycles. The number of β-lactam (4-membered cyclic amide) rings is 1. The van der Waals surface area contributed by atoms with Crippen molar-refractivity contribution in [2.75, 3.05) is 12.0 Å². The Hall–Kier alpha value is -2.04. The van der Waals surface area contributed by atoms with E-state index in [4.69, 9.17) is 9.84 Å². The van der Waals surface area contributed by atoms with Crippen LogP contribution in [0.3, 0.4) is 0 Å².